The SMILES string of the molecule is CCC[C@@H]1C(=O)NC(=O)N(C2CCC(O)CC2)C1=O. The third-order valence-electron chi connectivity index (χ3n) is 3.91. The van der Waals surface area contributed by atoms with Gasteiger partial charge in [-0.1, -0.05) is 13.3 Å². The number of rotatable bonds is 3. The van der Waals surface area contributed by atoms with Crippen LogP contribution >= 0.6 is 0 Å². The monoisotopic (exact) mass is 268 g/mol. The predicted molar refractivity (Wildman–Crippen MR) is 67.0 cm³/mol. The summed E-state index contributed by atoms with van der Waals surface area (Å²) >= 11 is 0. The minimum atomic E-state index is -0.741. The third-order valence-corrected chi connectivity index (χ3v) is 3.91. The highest BCUT2D eigenvalue weighted by Crippen LogP contribution is 2.27. The predicted octanol–water partition coefficient (Wildman–Crippen LogP) is 0.785. The normalized spacial score (nSPS) is 32.4. The van der Waals surface area contributed by atoms with Crippen LogP contribution in [0, 0.1) is 5.92 Å². The maximum atomic E-state index is 12.3. The molecule has 1 heterocycles. The van der Waals surface area contributed by atoms with Crippen molar-refractivity contribution in [2.45, 2.75) is 57.6 Å². The van der Waals surface area contributed by atoms with Gasteiger partial charge in [0.2, 0.25) is 11.8 Å². The summed E-state index contributed by atoms with van der Waals surface area (Å²) in [6, 6.07) is -0.799. The second-order valence-electron chi connectivity index (χ2n) is 5.31. The zero-order valence-electron chi connectivity index (χ0n) is 11.1. The summed E-state index contributed by atoms with van der Waals surface area (Å²) in [7, 11) is 0. The van der Waals surface area contributed by atoms with Gasteiger partial charge in [0, 0.05) is 6.04 Å². The Morgan fingerprint density at radius 1 is 1.21 bits per heavy atom. The van der Waals surface area contributed by atoms with E-state index in [1.54, 1.807) is 0 Å². The van der Waals surface area contributed by atoms with Crippen LogP contribution in [-0.2, 0) is 9.59 Å². The minimum Gasteiger partial charge on any atom is -0.393 e. The van der Waals surface area contributed by atoms with Gasteiger partial charge in [-0.3, -0.25) is 19.8 Å². The number of imide groups is 2. The lowest BCUT2D eigenvalue weighted by atomic mass is 9.90. The van der Waals surface area contributed by atoms with E-state index in [1.807, 2.05) is 6.92 Å². The van der Waals surface area contributed by atoms with Crippen molar-refractivity contribution in [2.24, 2.45) is 5.92 Å². The summed E-state index contributed by atoms with van der Waals surface area (Å²) in [6.45, 7) is 1.90. The maximum Gasteiger partial charge on any atom is 0.331 e. The first-order chi connectivity index (χ1) is 9.04. The molecule has 0 aromatic heterocycles. The summed E-state index contributed by atoms with van der Waals surface area (Å²) in [4.78, 5) is 37.0. The zero-order valence-corrected chi connectivity index (χ0v) is 11.1. The van der Waals surface area contributed by atoms with Crippen molar-refractivity contribution in [2.75, 3.05) is 0 Å². The van der Waals surface area contributed by atoms with Crippen LogP contribution in [0.15, 0.2) is 0 Å². The number of aliphatic hydroxyl groups is 1. The molecule has 4 amide bonds. The Balaban J connectivity index is 2.12. The number of amides is 4. The van der Waals surface area contributed by atoms with Crippen LogP contribution in [0.2, 0.25) is 0 Å². The lowest BCUT2D eigenvalue weighted by Crippen LogP contribution is -2.61. The maximum absolute atomic E-state index is 12.3. The van der Waals surface area contributed by atoms with E-state index in [9.17, 15) is 19.5 Å². The van der Waals surface area contributed by atoms with Gasteiger partial charge in [-0.05, 0) is 32.1 Å². The molecule has 2 N–H and O–H groups in total. The fraction of sp³-hybridized carbons (Fsp3) is 0.769. The Hall–Kier alpha value is -1.43. The van der Waals surface area contributed by atoms with E-state index in [1.165, 1.54) is 4.90 Å². The fourth-order valence-electron chi connectivity index (χ4n) is 2.84. The van der Waals surface area contributed by atoms with E-state index >= 15 is 0 Å². The highest BCUT2D eigenvalue weighted by atomic mass is 16.3. The van der Waals surface area contributed by atoms with Crippen molar-refractivity contribution in [3.63, 3.8) is 0 Å². The van der Waals surface area contributed by atoms with Crippen LogP contribution in [0.25, 0.3) is 0 Å². The molecule has 2 fully saturated rings. The average Bonchev–Trinajstić information content (AvgIpc) is 2.36. The quantitative estimate of drug-likeness (QED) is 0.741. The largest absolute Gasteiger partial charge is 0.393 e. The molecular weight excluding hydrogens is 248 g/mol. The fourth-order valence-corrected chi connectivity index (χ4v) is 2.84. The molecular formula is C13H20N2O4. The summed E-state index contributed by atoms with van der Waals surface area (Å²) in [6.07, 6.45) is 3.23. The van der Waals surface area contributed by atoms with Gasteiger partial charge in [0.1, 0.15) is 5.92 Å². The van der Waals surface area contributed by atoms with Crippen molar-refractivity contribution in [3.05, 3.63) is 0 Å². The first kappa shape index (κ1) is 14.0. The highest BCUT2D eigenvalue weighted by Gasteiger charge is 2.43. The minimum absolute atomic E-state index is 0.191. The van der Waals surface area contributed by atoms with E-state index in [4.69, 9.17) is 0 Å². The first-order valence-electron chi connectivity index (χ1n) is 6.90. The standard InChI is InChI=1S/C13H20N2O4/c1-2-3-10-11(17)14-13(19)15(12(10)18)8-4-6-9(16)7-5-8/h8-10,16H,2-7H2,1H3,(H,14,17,19)/t8?,9?,10-/m1/s1. The van der Waals surface area contributed by atoms with Gasteiger partial charge < -0.3 is 5.11 Å². The molecule has 0 aromatic rings. The van der Waals surface area contributed by atoms with E-state index in [2.05, 4.69) is 5.32 Å². The molecule has 0 radical (unpaired) electrons. The number of hydrogen-bond donors (Lipinski definition) is 2. The van der Waals surface area contributed by atoms with Crippen molar-refractivity contribution in [1.29, 1.82) is 0 Å². The summed E-state index contributed by atoms with van der Waals surface area (Å²) in [5, 5.41) is 11.7. The number of nitrogens with zero attached hydrogens (tertiary/aromatic N) is 1. The van der Waals surface area contributed by atoms with Gasteiger partial charge in [-0.25, -0.2) is 4.79 Å². The molecule has 1 aliphatic carbocycles. The number of carbonyl (C=O) groups is 3. The lowest BCUT2D eigenvalue weighted by Gasteiger charge is -2.38. The van der Waals surface area contributed by atoms with Gasteiger partial charge in [0.25, 0.3) is 0 Å². The molecule has 6 nitrogen and oxygen atoms in total. The van der Waals surface area contributed by atoms with E-state index < -0.39 is 17.9 Å². The van der Waals surface area contributed by atoms with Gasteiger partial charge in [-0.2, -0.15) is 0 Å². The van der Waals surface area contributed by atoms with Crippen LogP contribution in [0.4, 0.5) is 4.79 Å². The second kappa shape index (κ2) is 5.69. The second-order valence-corrected chi connectivity index (χ2v) is 5.31. The van der Waals surface area contributed by atoms with Gasteiger partial charge in [0.05, 0.1) is 6.10 Å². The lowest BCUT2D eigenvalue weighted by molar-refractivity contribution is -0.145. The summed E-state index contributed by atoms with van der Waals surface area (Å²) in [5.41, 5.74) is 0. The van der Waals surface area contributed by atoms with E-state index in [0.717, 1.165) is 6.42 Å². The van der Waals surface area contributed by atoms with Crippen LogP contribution in [0.5, 0.6) is 0 Å². The molecule has 1 aliphatic heterocycles. The van der Waals surface area contributed by atoms with Crippen LogP contribution < -0.4 is 5.32 Å². The Kier molecular flexibility index (Phi) is 4.19. The van der Waals surface area contributed by atoms with Crippen molar-refractivity contribution in [3.8, 4) is 0 Å². The molecule has 106 valence electrons. The number of urea groups is 1. The van der Waals surface area contributed by atoms with E-state index in [-0.39, 0.29) is 18.1 Å². The first-order valence-corrected chi connectivity index (χ1v) is 6.90. The average molecular weight is 268 g/mol. The van der Waals surface area contributed by atoms with Crippen LogP contribution in [0.1, 0.15) is 45.4 Å². The highest BCUT2D eigenvalue weighted by molar-refractivity contribution is 6.16. The number of aliphatic hydroxyl groups excluding tert-OH is 1. The molecule has 0 unspecified atom stereocenters. The smallest absolute Gasteiger partial charge is 0.331 e. The van der Waals surface area contributed by atoms with Crippen LogP contribution in [0.3, 0.4) is 0 Å². The molecule has 1 atom stereocenters. The Morgan fingerprint density at radius 2 is 1.84 bits per heavy atom. The Morgan fingerprint density at radius 3 is 2.42 bits per heavy atom. The van der Waals surface area contributed by atoms with Crippen molar-refractivity contribution >= 4 is 17.8 Å². The summed E-state index contributed by atoms with van der Waals surface area (Å²) < 4.78 is 0. The molecule has 0 bridgehead atoms. The molecule has 1 saturated carbocycles. The summed E-state index contributed by atoms with van der Waals surface area (Å²) in [5.74, 6) is -1.60. The van der Waals surface area contributed by atoms with E-state index in [0.29, 0.717) is 32.1 Å². The molecule has 2 aliphatic rings. The number of nitrogens with one attached hydrogen (secondary N) is 1. The third kappa shape index (κ3) is 2.78. The zero-order chi connectivity index (χ0) is 14.0. The Labute approximate surface area is 112 Å². The molecule has 19 heavy (non-hydrogen) atoms. The van der Waals surface area contributed by atoms with Crippen molar-refractivity contribution in [1.82, 2.24) is 10.2 Å². The molecule has 2 rings (SSSR count). The van der Waals surface area contributed by atoms with Gasteiger partial charge >= 0.3 is 6.03 Å². The number of carbonyl (C=O) groups excluding carboxylic acids is 3. The number of hydrogen-bond acceptors (Lipinski definition) is 4. The topological polar surface area (TPSA) is 86.7 Å². The molecule has 0 spiro atoms. The molecule has 0 aromatic carbocycles. The Bertz CT molecular complexity index is 388. The number of barbiturate groups is 1. The van der Waals surface area contributed by atoms with Crippen LogP contribution in [-0.4, -0.2) is 40.0 Å². The van der Waals surface area contributed by atoms with Gasteiger partial charge in [-0.15, -0.1) is 0 Å². The molecule has 1 saturated heterocycles. The van der Waals surface area contributed by atoms with Crippen molar-refractivity contribution < 1.29 is 19.5 Å². The van der Waals surface area contributed by atoms with Gasteiger partial charge in [0.15, 0.2) is 0 Å². The molecule has 6 heteroatoms.